The van der Waals surface area contributed by atoms with Gasteiger partial charge in [0.15, 0.2) is 0 Å². The second kappa shape index (κ2) is 6.15. The minimum Gasteiger partial charge on any atom is -0.315 e. The van der Waals surface area contributed by atoms with E-state index in [-0.39, 0.29) is 0 Å². The van der Waals surface area contributed by atoms with Crippen molar-refractivity contribution in [2.45, 2.75) is 32.4 Å². The monoisotopic (exact) mass is 302 g/mol. The largest absolute Gasteiger partial charge is 0.315 e. The van der Waals surface area contributed by atoms with Crippen molar-refractivity contribution in [1.82, 2.24) is 10.2 Å². The molecule has 0 radical (unpaired) electrons. The molecule has 1 atom stereocenters. The molecule has 4 heteroatoms. The fraction of sp³-hybridized carbons (Fsp3) is 0.667. The summed E-state index contributed by atoms with van der Waals surface area (Å²) in [4.78, 5) is 4.08. The summed E-state index contributed by atoms with van der Waals surface area (Å²) in [5.74, 6) is 0. The van der Waals surface area contributed by atoms with E-state index in [9.17, 15) is 0 Å². The van der Waals surface area contributed by atoms with Crippen LogP contribution in [-0.4, -0.2) is 30.6 Å². The van der Waals surface area contributed by atoms with Gasteiger partial charge in [-0.1, -0.05) is 6.92 Å². The van der Waals surface area contributed by atoms with E-state index in [1.807, 2.05) is 11.3 Å². The highest BCUT2D eigenvalue weighted by molar-refractivity contribution is 9.11. The summed E-state index contributed by atoms with van der Waals surface area (Å²) in [6, 6.07) is 5.12. The lowest BCUT2D eigenvalue weighted by Crippen LogP contribution is -2.37. The molecule has 1 fully saturated rings. The number of rotatable bonds is 5. The molecule has 2 heterocycles. The highest BCUT2D eigenvalue weighted by Gasteiger charge is 2.24. The lowest BCUT2D eigenvalue weighted by molar-refractivity contribution is 0.242. The van der Waals surface area contributed by atoms with Gasteiger partial charge in [0, 0.05) is 24.0 Å². The first-order chi connectivity index (χ1) is 7.79. The topological polar surface area (TPSA) is 15.3 Å². The number of nitrogens with zero attached hydrogens (tertiary/aromatic N) is 1. The van der Waals surface area contributed by atoms with Crippen LogP contribution in [0.2, 0.25) is 0 Å². The van der Waals surface area contributed by atoms with Gasteiger partial charge in [-0.25, -0.2) is 0 Å². The fourth-order valence-corrected chi connectivity index (χ4v) is 3.79. The first-order valence-electron chi connectivity index (χ1n) is 5.98. The van der Waals surface area contributed by atoms with E-state index < -0.39 is 0 Å². The number of thiophene rings is 1. The van der Waals surface area contributed by atoms with E-state index in [1.165, 1.54) is 28.0 Å². The molecular formula is C12H19BrN2S. The SMILES string of the molecule is CCNCC1CCCN1Cc1ccc(Br)s1. The Morgan fingerprint density at radius 3 is 3.12 bits per heavy atom. The second-order valence-corrected chi connectivity index (χ2v) is 6.83. The molecule has 1 aromatic rings. The third-order valence-corrected chi connectivity index (χ3v) is 4.73. The van der Waals surface area contributed by atoms with Crippen molar-refractivity contribution in [1.29, 1.82) is 0 Å². The molecule has 0 saturated carbocycles. The summed E-state index contributed by atoms with van der Waals surface area (Å²) >= 11 is 5.38. The van der Waals surface area contributed by atoms with Crippen LogP contribution in [0, 0.1) is 0 Å². The van der Waals surface area contributed by atoms with E-state index in [0.717, 1.165) is 25.7 Å². The standard InChI is InChI=1S/C12H19BrN2S/c1-2-14-8-10-4-3-7-15(10)9-11-5-6-12(13)16-11/h5-6,10,14H,2-4,7-9H2,1H3. The number of hydrogen-bond acceptors (Lipinski definition) is 3. The molecule has 0 amide bonds. The quantitative estimate of drug-likeness (QED) is 0.899. The van der Waals surface area contributed by atoms with Crippen molar-refractivity contribution >= 4 is 27.3 Å². The van der Waals surface area contributed by atoms with Gasteiger partial charge >= 0.3 is 0 Å². The maximum atomic E-state index is 3.53. The van der Waals surface area contributed by atoms with Crippen LogP contribution in [0.5, 0.6) is 0 Å². The molecule has 1 aliphatic rings. The van der Waals surface area contributed by atoms with Crippen LogP contribution in [0.15, 0.2) is 15.9 Å². The lowest BCUT2D eigenvalue weighted by atomic mass is 10.2. The summed E-state index contributed by atoms with van der Waals surface area (Å²) < 4.78 is 1.24. The molecule has 1 N–H and O–H groups in total. The average Bonchev–Trinajstić information content (AvgIpc) is 2.86. The molecule has 1 aromatic heterocycles. The predicted octanol–water partition coefficient (Wildman–Crippen LogP) is 3.08. The van der Waals surface area contributed by atoms with Crippen molar-refractivity contribution in [3.8, 4) is 0 Å². The van der Waals surface area contributed by atoms with Gasteiger partial charge < -0.3 is 5.32 Å². The van der Waals surface area contributed by atoms with E-state index in [2.05, 4.69) is 45.2 Å². The highest BCUT2D eigenvalue weighted by atomic mass is 79.9. The minimum absolute atomic E-state index is 0.737. The predicted molar refractivity (Wildman–Crippen MR) is 74.0 cm³/mol. The molecule has 2 nitrogen and oxygen atoms in total. The molecule has 16 heavy (non-hydrogen) atoms. The van der Waals surface area contributed by atoms with E-state index >= 15 is 0 Å². The van der Waals surface area contributed by atoms with Crippen molar-refractivity contribution in [3.05, 3.63) is 20.8 Å². The summed E-state index contributed by atoms with van der Waals surface area (Å²) in [6.07, 6.45) is 2.70. The van der Waals surface area contributed by atoms with Crippen LogP contribution in [0.4, 0.5) is 0 Å². The lowest BCUT2D eigenvalue weighted by Gasteiger charge is -2.23. The molecule has 1 aliphatic heterocycles. The summed E-state index contributed by atoms with van der Waals surface area (Å²) in [6.45, 7) is 6.77. The van der Waals surface area contributed by atoms with Gasteiger partial charge in [0.2, 0.25) is 0 Å². The van der Waals surface area contributed by atoms with Crippen LogP contribution in [0.1, 0.15) is 24.6 Å². The second-order valence-electron chi connectivity index (χ2n) is 4.28. The van der Waals surface area contributed by atoms with Crippen LogP contribution in [-0.2, 0) is 6.54 Å². The maximum absolute atomic E-state index is 3.53. The first-order valence-corrected chi connectivity index (χ1v) is 7.59. The van der Waals surface area contributed by atoms with Crippen LogP contribution in [0.25, 0.3) is 0 Å². The number of hydrogen-bond donors (Lipinski definition) is 1. The zero-order valence-corrected chi connectivity index (χ0v) is 12.1. The summed E-state index contributed by atoms with van der Waals surface area (Å²) in [5, 5.41) is 3.46. The minimum atomic E-state index is 0.737. The first kappa shape index (κ1) is 12.6. The van der Waals surface area contributed by atoms with Crippen molar-refractivity contribution in [3.63, 3.8) is 0 Å². The molecule has 0 bridgehead atoms. The average molecular weight is 303 g/mol. The summed E-state index contributed by atoms with van der Waals surface area (Å²) in [7, 11) is 0. The zero-order valence-electron chi connectivity index (χ0n) is 9.71. The molecule has 0 aliphatic carbocycles. The molecule has 1 unspecified atom stereocenters. The normalized spacial score (nSPS) is 21.8. The van der Waals surface area contributed by atoms with Gasteiger partial charge in [0.05, 0.1) is 3.79 Å². The Labute approximate surface area is 110 Å². The number of nitrogens with one attached hydrogen (secondary N) is 1. The molecular weight excluding hydrogens is 284 g/mol. The Morgan fingerprint density at radius 1 is 1.56 bits per heavy atom. The van der Waals surface area contributed by atoms with Crippen molar-refractivity contribution in [2.24, 2.45) is 0 Å². The van der Waals surface area contributed by atoms with Crippen LogP contribution >= 0.6 is 27.3 Å². The number of likely N-dealkylation sites (tertiary alicyclic amines) is 1. The van der Waals surface area contributed by atoms with Gasteiger partial charge in [0.1, 0.15) is 0 Å². The molecule has 90 valence electrons. The Bertz CT molecular complexity index is 327. The molecule has 2 rings (SSSR count). The van der Waals surface area contributed by atoms with Gasteiger partial charge in [-0.05, 0) is 54.0 Å². The van der Waals surface area contributed by atoms with Gasteiger partial charge in [0.25, 0.3) is 0 Å². The van der Waals surface area contributed by atoms with Gasteiger partial charge in [-0.2, -0.15) is 0 Å². The Morgan fingerprint density at radius 2 is 2.44 bits per heavy atom. The molecule has 1 saturated heterocycles. The molecule has 0 spiro atoms. The third kappa shape index (κ3) is 3.29. The van der Waals surface area contributed by atoms with E-state index in [1.54, 1.807) is 0 Å². The van der Waals surface area contributed by atoms with Crippen LogP contribution in [0.3, 0.4) is 0 Å². The Hall–Kier alpha value is 0.1000. The highest BCUT2D eigenvalue weighted by Crippen LogP contribution is 2.26. The smallest absolute Gasteiger partial charge is 0.0701 e. The number of halogens is 1. The maximum Gasteiger partial charge on any atom is 0.0701 e. The van der Waals surface area contributed by atoms with Crippen LogP contribution < -0.4 is 5.32 Å². The van der Waals surface area contributed by atoms with Gasteiger partial charge in [-0.15, -0.1) is 11.3 Å². The third-order valence-electron chi connectivity index (χ3n) is 3.12. The van der Waals surface area contributed by atoms with E-state index in [4.69, 9.17) is 0 Å². The molecule has 0 aromatic carbocycles. The van der Waals surface area contributed by atoms with E-state index in [0.29, 0.717) is 0 Å². The Balaban J connectivity index is 1.88. The Kier molecular flexibility index (Phi) is 4.82. The zero-order chi connectivity index (χ0) is 11.4. The van der Waals surface area contributed by atoms with Crippen molar-refractivity contribution in [2.75, 3.05) is 19.6 Å². The van der Waals surface area contributed by atoms with Crippen molar-refractivity contribution < 1.29 is 0 Å². The van der Waals surface area contributed by atoms with Gasteiger partial charge in [-0.3, -0.25) is 4.90 Å². The number of likely N-dealkylation sites (N-methyl/N-ethyl adjacent to an activating group) is 1. The fourth-order valence-electron chi connectivity index (χ4n) is 2.28. The summed E-state index contributed by atoms with van der Waals surface area (Å²) in [5.41, 5.74) is 0.